The fraction of sp³-hybridized carbons (Fsp3) is 0. The molecule has 1 aromatic carbocycles. The zero-order chi connectivity index (χ0) is 17.3. The van der Waals surface area contributed by atoms with Gasteiger partial charge in [-0.1, -0.05) is 11.6 Å². The van der Waals surface area contributed by atoms with Crippen LogP contribution in [-0.2, 0) is 11.3 Å². The molecule has 11 heteroatoms. The van der Waals surface area contributed by atoms with E-state index < -0.39 is 34.3 Å². The molecule has 0 aliphatic rings. The molecule has 0 spiro atoms. The summed E-state index contributed by atoms with van der Waals surface area (Å²) in [7, 11) is 0. The minimum atomic E-state index is -2.76. The van der Waals surface area contributed by atoms with E-state index in [4.69, 9.17) is 11.6 Å². The summed E-state index contributed by atoms with van der Waals surface area (Å²) in [5.74, 6) is -2.06. The summed E-state index contributed by atoms with van der Waals surface area (Å²) in [6.07, 6.45) is 1.19. The molecule has 3 aromatic rings. The zero-order valence-corrected chi connectivity index (χ0v) is 13.2. The predicted octanol–water partition coefficient (Wildman–Crippen LogP) is 2.91. The fourth-order valence-corrected chi connectivity index (χ4v) is 2.45. The molecule has 0 bridgehead atoms. The Morgan fingerprint density at radius 1 is 1.17 bits per heavy atom. The molecule has 0 aliphatic carbocycles. The van der Waals surface area contributed by atoms with Crippen molar-refractivity contribution in [3.63, 3.8) is 0 Å². The molecule has 0 amide bonds. The number of hydrogen-bond donors (Lipinski definition) is 2. The lowest BCUT2D eigenvalue weighted by atomic mass is 10.2. The first-order valence-electron chi connectivity index (χ1n) is 6.34. The van der Waals surface area contributed by atoms with Crippen LogP contribution in [0.4, 0.5) is 26.0 Å². The van der Waals surface area contributed by atoms with Crippen LogP contribution >= 0.6 is 11.6 Å². The number of fused-ring (bicyclic) bond motifs is 1. The van der Waals surface area contributed by atoms with Gasteiger partial charge in [-0.25, -0.2) is 23.7 Å². The Bertz CT molecular complexity index is 959. The fourth-order valence-electron chi connectivity index (χ4n) is 1.96. The Morgan fingerprint density at radius 2 is 1.96 bits per heavy atom. The molecule has 0 fully saturated rings. The molecular weight excluding hydrogens is 364 g/mol. The molecule has 0 aliphatic heterocycles. The number of anilines is 3. The lowest BCUT2D eigenvalue weighted by molar-refractivity contribution is 0.541. The third-order valence-corrected chi connectivity index (χ3v) is 3.57. The van der Waals surface area contributed by atoms with Crippen LogP contribution in [0.25, 0.3) is 11.0 Å². The Kier molecular flexibility index (Phi) is 4.51. The first-order valence-corrected chi connectivity index (χ1v) is 7.79. The Labute approximate surface area is 141 Å². The van der Waals surface area contributed by atoms with E-state index in [9.17, 15) is 17.5 Å². The number of hydrogen-bond acceptors (Lipinski definition) is 6. The monoisotopic (exact) mass is 370 g/mol. The smallest absolute Gasteiger partial charge is 0.173 e. The van der Waals surface area contributed by atoms with Crippen molar-refractivity contribution in [3.05, 3.63) is 47.4 Å². The normalized spacial score (nSPS) is 12.2. The third-order valence-electron chi connectivity index (χ3n) is 2.98. The van der Waals surface area contributed by atoms with Crippen molar-refractivity contribution in [2.45, 2.75) is 0 Å². The van der Waals surface area contributed by atoms with Gasteiger partial charge in [0.1, 0.15) is 28.5 Å². The van der Waals surface area contributed by atoms with E-state index in [0.29, 0.717) is 5.52 Å². The maximum Gasteiger partial charge on any atom is 0.173 e. The van der Waals surface area contributed by atoms with Crippen molar-refractivity contribution < 1.29 is 17.5 Å². The van der Waals surface area contributed by atoms with Crippen molar-refractivity contribution in [3.8, 4) is 0 Å². The Morgan fingerprint density at radius 3 is 2.71 bits per heavy atom. The van der Waals surface area contributed by atoms with E-state index in [1.165, 1.54) is 12.4 Å². The zero-order valence-electron chi connectivity index (χ0n) is 11.6. The average Bonchev–Trinajstić information content (AvgIpc) is 2.54. The van der Waals surface area contributed by atoms with Gasteiger partial charge in [0, 0.05) is 11.3 Å². The first-order chi connectivity index (χ1) is 11.5. The van der Waals surface area contributed by atoms with Crippen molar-refractivity contribution >= 4 is 51.1 Å². The van der Waals surface area contributed by atoms with E-state index in [-0.39, 0.29) is 16.5 Å². The third kappa shape index (κ3) is 3.25. The summed E-state index contributed by atoms with van der Waals surface area (Å²) in [6, 6.07) is 4.95. The number of benzene rings is 1. The number of halogens is 3. The lowest BCUT2D eigenvalue weighted by Crippen LogP contribution is -2.08. The molecule has 0 saturated heterocycles. The quantitative estimate of drug-likeness (QED) is 0.540. The maximum atomic E-state index is 14.3. The van der Waals surface area contributed by atoms with Gasteiger partial charge < -0.3 is 14.6 Å². The second-order valence-corrected chi connectivity index (χ2v) is 5.53. The summed E-state index contributed by atoms with van der Waals surface area (Å²) in [6.45, 7) is 0. The first kappa shape index (κ1) is 16.4. The van der Waals surface area contributed by atoms with Crippen LogP contribution in [0, 0.1) is 11.6 Å². The molecule has 3 rings (SSSR count). The molecule has 2 heterocycles. The van der Waals surface area contributed by atoms with Crippen LogP contribution in [0.2, 0.25) is 5.15 Å². The van der Waals surface area contributed by atoms with Crippen molar-refractivity contribution in [2.24, 2.45) is 0 Å². The summed E-state index contributed by atoms with van der Waals surface area (Å²) in [4.78, 5) is 11.9. The van der Waals surface area contributed by atoms with Crippen molar-refractivity contribution in [1.29, 1.82) is 0 Å². The number of pyridine rings is 1. The highest BCUT2D eigenvalue weighted by Gasteiger charge is 2.16. The minimum absolute atomic E-state index is 0.0145. The maximum absolute atomic E-state index is 14.3. The van der Waals surface area contributed by atoms with Gasteiger partial charge >= 0.3 is 0 Å². The molecule has 24 heavy (non-hydrogen) atoms. The number of nitrogens with one attached hydrogen (secondary N) is 2. The van der Waals surface area contributed by atoms with Crippen LogP contribution in [0.1, 0.15) is 0 Å². The minimum Gasteiger partial charge on any atom is -0.755 e. The van der Waals surface area contributed by atoms with Crippen molar-refractivity contribution in [1.82, 2.24) is 15.0 Å². The van der Waals surface area contributed by atoms with Gasteiger partial charge in [-0.3, -0.25) is 4.21 Å². The topological polar surface area (TPSA) is 103 Å². The molecule has 124 valence electrons. The number of aromatic nitrogens is 3. The summed E-state index contributed by atoms with van der Waals surface area (Å²) in [5.41, 5.74) is -0.397. The number of nitrogens with zero attached hydrogens (tertiary/aromatic N) is 3. The summed E-state index contributed by atoms with van der Waals surface area (Å²) < 4.78 is 51.4. The van der Waals surface area contributed by atoms with E-state index in [1.54, 1.807) is 6.07 Å². The van der Waals surface area contributed by atoms with Gasteiger partial charge in [0.25, 0.3) is 0 Å². The van der Waals surface area contributed by atoms with Crippen LogP contribution < -0.4 is 10.0 Å². The largest absolute Gasteiger partial charge is 0.755 e. The predicted molar refractivity (Wildman–Crippen MR) is 84.5 cm³/mol. The SMILES string of the molecule is O=S([O-])Nc1ccc(F)c(Nc2ncnc3ccc(Cl)nc23)c1F. The Hall–Kier alpha value is -2.43. The highest BCUT2D eigenvalue weighted by Crippen LogP contribution is 2.30. The van der Waals surface area contributed by atoms with E-state index in [0.717, 1.165) is 12.1 Å². The average molecular weight is 371 g/mol. The molecule has 0 saturated carbocycles. The second-order valence-electron chi connectivity index (χ2n) is 4.47. The molecule has 7 nitrogen and oxygen atoms in total. The van der Waals surface area contributed by atoms with Gasteiger partial charge in [-0.15, -0.1) is 0 Å². The van der Waals surface area contributed by atoms with Crippen LogP contribution in [-0.4, -0.2) is 23.7 Å². The molecule has 1 atom stereocenters. The van der Waals surface area contributed by atoms with Gasteiger partial charge in [-0.2, -0.15) is 0 Å². The molecule has 2 aromatic heterocycles. The van der Waals surface area contributed by atoms with E-state index >= 15 is 0 Å². The van der Waals surface area contributed by atoms with Gasteiger partial charge in [0.05, 0.1) is 11.2 Å². The number of rotatable bonds is 4. The van der Waals surface area contributed by atoms with Crippen LogP contribution in [0.5, 0.6) is 0 Å². The van der Waals surface area contributed by atoms with Gasteiger partial charge in [-0.05, 0) is 24.3 Å². The summed E-state index contributed by atoms with van der Waals surface area (Å²) in [5, 5.41) is 2.61. The van der Waals surface area contributed by atoms with Gasteiger partial charge in [0.2, 0.25) is 0 Å². The van der Waals surface area contributed by atoms with Gasteiger partial charge in [0.15, 0.2) is 11.6 Å². The highest BCUT2D eigenvalue weighted by atomic mass is 35.5. The summed E-state index contributed by atoms with van der Waals surface area (Å²) >= 11 is 3.06. The highest BCUT2D eigenvalue weighted by molar-refractivity contribution is 7.80. The second kappa shape index (κ2) is 6.59. The van der Waals surface area contributed by atoms with E-state index in [1.807, 2.05) is 4.72 Å². The molecular formula is C13H7ClF2N5O2S-. The molecule has 1 unspecified atom stereocenters. The van der Waals surface area contributed by atoms with Crippen LogP contribution in [0.15, 0.2) is 30.6 Å². The van der Waals surface area contributed by atoms with E-state index in [2.05, 4.69) is 20.3 Å². The lowest BCUT2D eigenvalue weighted by Gasteiger charge is -2.14. The van der Waals surface area contributed by atoms with Crippen molar-refractivity contribution in [2.75, 3.05) is 10.0 Å². The Balaban J connectivity index is 2.09. The molecule has 0 radical (unpaired) electrons. The molecule has 2 N–H and O–H groups in total. The standard InChI is InChI=1S/C13H8ClF2N5O2S/c14-9-4-3-8-12(19-9)13(18-5-17-8)20-11-6(15)1-2-7(10(11)16)21-24(22)23/h1-5,21H,(H,22,23)(H,17,18,20)/p-1. The van der Waals surface area contributed by atoms with Crippen LogP contribution in [0.3, 0.4) is 0 Å².